The van der Waals surface area contributed by atoms with Gasteiger partial charge in [0.2, 0.25) is 17.7 Å². The number of benzene rings is 2. The van der Waals surface area contributed by atoms with Gasteiger partial charge in [0.05, 0.1) is 10.6 Å². The van der Waals surface area contributed by atoms with E-state index < -0.39 is 22.7 Å². The number of ether oxygens (including phenoxy) is 1. The molecule has 1 amide bonds. The van der Waals surface area contributed by atoms with Gasteiger partial charge in [-0.2, -0.15) is 18.2 Å². The minimum atomic E-state index is -4.62. The Morgan fingerprint density at radius 1 is 1.15 bits per heavy atom. The Morgan fingerprint density at radius 2 is 1.94 bits per heavy atom. The van der Waals surface area contributed by atoms with Crippen molar-refractivity contribution in [2.24, 2.45) is 0 Å². The lowest BCUT2D eigenvalue weighted by molar-refractivity contribution is -0.137. The van der Waals surface area contributed by atoms with Gasteiger partial charge in [-0.25, -0.2) is 4.98 Å². The number of aromatic nitrogens is 2. The SMILES string of the molecule is CC(C)Nc1nccc(Oc2cccc(C=CC(=O)Nc3ccc(Cl)c(C(F)(F)F)c3)c2)n1. The van der Waals surface area contributed by atoms with Crippen molar-refractivity contribution in [1.82, 2.24) is 9.97 Å². The highest BCUT2D eigenvalue weighted by molar-refractivity contribution is 6.31. The fraction of sp³-hybridized carbons (Fsp3) is 0.174. The highest BCUT2D eigenvalue weighted by Gasteiger charge is 2.33. The van der Waals surface area contributed by atoms with Crippen LogP contribution < -0.4 is 15.4 Å². The van der Waals surface area contributed by atoms with Gasteiger partial charge in [0.15, 0.2) is 0 Å². The molecule has 0 aliphatic heterocycles. The predicted molar refractivity (Wildman–Crippen MR) is 121 cm³/mol. The molecule has 1 heterocycles. The first kappa shape index (κ1) is 24.1. The Hall–Kier alpha value is -3.59. The number of halogens is 4. The number of carbonyl (C=O) groups is 1. The fourth-order valence-corrected chi connectivity index (χ4v) is 2.93. The molecule has 10 heteroatoms. The summed E-state index contributed by atoms with van der Waals surface area (Å²) in [7, 11) is 0. The molecule has 0 bridgehead atoms. The molecule has 0 spiro atoms. The van der Waals surface area contributed by atoms with Crippen molar-refractivity contribution < 1.29 is 22.7 Å². The molecule has 0 radical (unpaired) electrons. The number of amides is 1. The largest absolute Gasteiger partial charge is 0.439 e. The summed E-state index contributed by atoms with van der Waals surface area (Å²) in [6, 6.07) is 11.8. The van der Waals surface area contributed by atoms with Gasteiger partial charge in [-0.15, -0.1) is 0 Å². The van der Waals surface area contributed by atoms with Crippen LogP contribution in [0.5, 0.6) is 11.6 Å². The molecule has 172 valence electrons. The summed E-state index contributed by atoms with van der Waals surface area (Å²) >= 11 is 5.59. The van der Waals surface area contributed by atoms with Crippen LogP contribution in [0.25, 0.3) is 6.08 Å². The van der Waals surface area contributed by atoms with Crippen molar-refractivity contribution in [3.05, 3.63) is 77.0 Å². The number of alkyl halides is 3. The number of nitrogens with one attached hydrogen (secondary N) is 2. The molecule has 0 aliphatic carbocycles. The van der Waals surface area contributed by atoms with E-state index in [4.69, 9.17) is 16.3 Å². The minimum Gasteiger partial charge on any atom is -0.439 e. The van der Waals surface area contributed by atoms with Crippen LogP contribution >= 0.6 is 11.6 Å². The maximum atomic E-state index is 13.0. The van der Waals surface area contributed by atoms with Crippen LogP contribution in [0, 0.1) is 0 Å². The molecule has 0 unspecified atom stereocenters. The van der Waals surface area contributed by atoms with Crippen molar-refractivity contribution in [1.29, 1.82) is 0 Å². The molecule has 33 heavy (non-hydrogen) atoms. The molecule has 2 N–H and O–H groups in total. The lowest BCUT2D eigenvalue weighted by atomic mass is 10.2. The van der Waals surface area contributed by atoms with E-state index in [1.165, 1.54) is 18.2 Å². The van der Waals surface area contributed by atoms with Gasteiger partial charge in [0.1, 0.15) is 5.75 Å². The molecule has 0 aliphatic rings. The molecule has 0 saturated heterocycles. The average molecular weight is 477 g/mol. The monoisotopic (exact) mass is 476 g/mol. The second-order valence-electron chi connectivity index (χ2n) is 7.21. The highest BCUT2D eigenvalue weighted by atomic mass is 35.5. The van der Waals surface area contributed by atoms with E-state index in [9.17, 15) is 18.0 Å². The number of hydrogen-bond acceptors (Lipinski definition) is 5. The number of carbonyl (C=O) groups excluding carboxylic acids is 1. The van der Waals surface area contributed by atoms with Crippen LogP contribution in [0.1, 0.15) is 25.0 Å². The summed E-state index contributed by atoms with van der Waals surface area (Å²) in [5.74, 6) is 0.664. The molecular formula is C23H20ClF3N4O2. The third-order valence-corrected chi connectivity index (χ3v) is 4.42. The van der Waals surface area contributed by atoms with Crippen molar-refractivity contribution in [3.63, 3.8) is 0 Å². The zero-order valence-corrected chi connectivity index (χ0v) is 18.4. The van der Waals surface area contributed by atoms with Crippen LogP contribution in [0.3, 0.4) is 0 Å². The Labute approximate surface area is 193 Å². The Morgan fingerprint density at radius 3 is 2.67 bits per heavy atom. The van der Waals surface area contributed by atoms with E-state index in [1.807, 2.05) is 13.8 Å². The van der Waals surface area contributed by atoms with Gasteiger partial charge in [-0.05, 0) is 55.8 Å². The molecule has 2 aromatic carbocycles. The molecule has 6 nitrogen and oxygen atoms in total. The molecule has 0 fully saturated rings. The normalized spacial score (nSPS) is 11.6. The smallest absolute Gasteiger partial charge is 0.417 e. The fourth-order valence-electron chi connectivity index (χ4n) is 2.71. The summed E-state index contributed by atoms with van der Waals surface area (Å²) in [4.78, 5) is 20.6. The topological polar surface area (TPSA) is 76.1 Å². The second-order valence-corrected chi connectivity index (χ2v) is 7.61. The summed E-state index contributed by atoms with van der Waals surface area (Å²) in [5.41, 5.74) is -0.398. The van der Waals surface area contributed by atoms with E-state index in [0.717, 1.165) is 12.1 Å². The van der Waals surface area contributed by atoms with E-state index in [-0.39, 0.29) is 11.7 Å². The quantitative estimate of drug-likeness (QED) is 0.385. The van der Waals surface area contributed by atoms with Crippen molar-refractivity contribution in [2.75, 3.05) is 10.6 Å². The zero-order valence-electron chi connectivity index (χ0n) is 17.7. The van der Waals surface area contributed by atoms with Gasteiger partial charge in [-0.3, -0.25) is 4.79 Å². The zero-order chi connectivity index (χ0) is 24.0. The van der Waals surface area contributed by atoms with Crippen molar-refractivity contribution in [2.45, 2.75) is 26.1 Å². The Balaban J connectivity index is 1.67. The van der Waals surface area contributed by atoms with E-state index >= 15 is 0 Å². The van der Waals surface area contributed by atoms with Crippen LogP contribution in [0.15, 0.2) is 60.8 Å². The third-order valence-electron chi connectivity index (χ3n) is 4.09. The maximum Gasteiger partial charge on any atom is 0.417 e. The van der Waals surface area contributed by atoms with Gasteiger partial charge in [0, 0.05) is 30.1 Å². The number of hydrogen-bond donors (Lipinski definition) is 2. The van der Waals surface area contributed by atoms with E-state index in [2.05, 4.69) is 20.6 Å². The molecule has 0 atom stereocenters. The highest BCUT2D eigenvalue weighted by Crippen LogP contribution is 2.36. The van der Waals surface area contributed by atoms with Crippen LogP contribution in [0.4, 0.5) is 24.8 Å². The first-order valence-electron chi connectivity index (χ1n) is 9.83. The molecule has 3 rings (SSSR count). The summed E-state index contributed by atoms with van der Waals surface area (Å²) in [5, 5.41) is 5.03. The third kappa shape index (κ3) is 7.21. The minimum absolute atomic E-state index is 0.0203. The van der Waals surface area contributed by atoms with Crippen LogP contribution in [-0.2, 0) is 11.0 Å². The molecule has 1 aromatic heterocycles. The second kappa shape index (κ2) is 10.4. The van der Waals surface area contributed by atoms with Gasteiger partial charge in [0.25, 0.3) is 0 Å². The first-order chi connectivity index (χ1) is 15.6. The Bertz CT molecular complexity index is 1170. The van der Waals surface area contributed by atoms with E-state index in [0.29, 0.717) is 23.1 Å². The van der Waals surface area contributed by atoms with Crippen LogP contribution in [-0.4, -0.2) is 21.9 Å². The standard InChI is InChI=1S/C23H20ClF3N4O2/c1-14(2)29-22-28-11-10-21(31-22)33-17-5-3-4-15(12-17)6-9-20(32)30-16-7-8-19(24)18(13-16)23(25,26)27/h3-14H,1-2H3,(H,30,32)(H,28,29,31). The number of anilines is 2. The predicted octanol–water partition coefficient (Wildman–Crippen LogP) is 6.41. The lowest BCUT2D eigenvalue weighted by Gasteiger charge is -2.11. The van der Waals surface area contributed by atoms with Crippen molar-refractivity contribution >= 4 is 35.2 Å². The van der Waals surface area contributed by atoms with Gasteiger partial charge in [-0.1, -0.05) is 23.7 Å². The molecule has 0 saturated carbocycles. The van der Waals surface area contributed by atoms with Crippen LogP contribution in [0.2, 0.25) is 5.02 Å². The van der Waals surface area contributed by atoms with Crippen molar-refractivity contribution in [3.8, 4) is 11.6 Å². The number of rotatable bonds is 7. The van der Waals surface area contributed by atoms with E-state index in [1.54, 1.807) is 36.5 Å². The maximum absolute atomic E-state index is 13.0. The van der Waals surface area contributed by atoms with Gasteiger partial charge < -0.3 is 15.4 Å². The molecule has 3 aromatic rings. The lowest BCUT2D eigenvalue weighted by Crippen LogP contribution is -2.12. The Kier molecular flexibility index (Phi) is 7.55. The number of nitrogens with zero attached hydrogens (tertiary/aromatic N) is 2. The van der Waals surface area contributed by atoms with Gasteiger partial charge >= 0.3 is 6.18 Å². The summed E-state index contributed by atoms with van der Waals surface area (Å²) in [6.45, 7) is 3.93. The molecular weight excluding hydrogens is 457 g/mol. The summed E-state index contributed by atoms with van der Waals surface area (Å²) in [6.07, 6.45) is -0.337. The average Bonchev–Trinajstić information content (AvgIpc) is 2.73. The first-order valence-corrected chi connectivity index (χ1v) is 10.2. The summed E-state index contributed by atoms with van der Waals surface area (Å²) < 4.78 is 44.7.